The molecule has 0 heterocycles. The monoisotopic (exact) mass is 368 g/mol. The molecule has 0 aliphatic rings. The molecule has 7 heteroatoms. The third kappa shape index (κ3) is 6.26. The van der Waals surface area contributed by atoms with E-state index in [-0.39, 0.29) is 6.04 Å². The minimum atomic E-state index is -4.35. The van der Waals surface area contributed by atoms with E-state index in [1.165, 1.54) is 12.1 Å². The SMILES string of the molecule is Cc1ccc(OCC(C)NC(=S)Nc2ccc(C(F)(F)F)cc2)cc1. The highest BCUT2D eigenvalue weighted by Gasteiger charge is 2.29. The fraction of sp³-hybridized carbons (Fsp3) is 0.278. The molecule has 2 N–H and O–H groups in total. The van der Waals surface area contributed by atoms with Crippen molar-refractivity contribution in [3.05, 3.63) is 59.7 Å². The average Bonchev–Trinajstić information content (AvgIpc) is 2.54. The summed E-state index contributed by atoms with van der Waals surface area (Å²) in [6.45, 7) is 4.30. The topological polar surface area (TPSA) is 33.3 Å². The number of aryl methyl sites for hydroxylation is 1. The Kier molecular flexibility index (Phi) is 6.25. The van der Waals surface area contributed by atoms with E-state index >= 15 is 0 Å². The third-order valence-corrected chi connectivity index (χ3v) is 3.59. The number of halogens is 3. The summed E-state index contributed by atoms with van der Waals surface area (Å²) < 4.78 is 43.2. The molecule has 134 valence electrons. The summed E-state index contributed by atoms with van der Waals surface area (Å²) in [5.41, 5.74) is 0.939. The van der Waals surface area contributed by atoms with E-state index in [1.54, 1.807) is 0 Å². The van der Waals surface area contributed by atoms with E-state index in [1.807, 2.05) is 38.1 Å². The highest BCUT2D eigenvalue weighted by Crippen LogP contribution is 2.29. The molecule has 0 aromatic heterocycles. The van der Waals surface area contributed by atoms with Crippen molar-refractivity contribution in [2.24, 2.45) is 0 Å². The lowest BCUT2D eigenvalue weighted by atomic mass is 10.2. The van der Waals surface area contributed by atoms with Crippen LogP contribution in [0.4, 0.5) is 18.9 Å². The van der Waals surface area contributed by atoms with Gasteiger partial charge in [0.25, 0.3) is 0 Å². The Morgan fingerprint density at radius 3 is 2.24 bits per heavy atom. The van der Waals surface area contributed by atoms with Crippen molar-refractivity contribution in [2.45, 2.75) is 26.1 Å². The number of ether oxygens (including phenoxy) is 1. The molecule has 0 fully saturated rings. The van der Waals surface area contributed by atoms with Crippen molar-refractivity contribution in [2.75, 3.05) is 11.9 Å². The van der Waals surface area contributed by atoms with Gasteiger partial charge in [0.15, 0.2) is 5.11 Å². The van der Waals surface area contributed by atoms with E-state index in [0.717, 1.165) is 23.4 Å². The van der Waals surface area contributed by atoms with Gasteiger partial charge in [-0.3, -0.25) is 0 Å². The van der Waals surface area contributed by atoms with E-state index in [9.17, 15) is 13.2 Å². The first-order valence-corrected chi connectivity index (χ1v) is 8.09. The third-order valence-electron chi connectivity index (χ3n) is 3.37. The van der Waals surface area contributed by atoms with Crippen molar-refractivity contribution in [1.82, 2.24) is 5.32 Å². The Labute approximate surface area is 150 Å². The molecule has 0 saturated heterocycles. The Morgan fingerprint density at radius 2 is 1.68 bits per heavy atom. The number of hydrogen-bond acceptors (Lipinski definition) is 2. The Bertz CT molecular complexity index is 700. The fourth-order valence-corrected chi connectivity index (χ4v) is 2.35. The van der Waals surface area contributed by atoms with E-state index in [0.29, 0.717) is 17.4 Å². The summed E-state index contributed by atoms with van der Waals surface area (Å²) >= 11 is 5.17. The predicted molar refractivity (Wildman–Crippen MR) is 96.9 cm³/mol. The summed E-state index contributed by atoms with van der Waals surface area (Å²) in [7, 11) is 0. The second-order valence-electron chi connectivity index (χ2n) is 5.70. The van der Waals surface area contributed by atoms with Gasteiger partial charge in [-0.25, -0.2) is 0 Å². The van der Waals surface area contributed by atoms with Gasteiger partial charge >= 0.3 is 6.18 Å². The summed E-state index contributed by atoms with van der Waals surface area (Å²) in [6, 6.07) is 12.3. The normalized spacial score (nSPS) is 12.4. The van der Waals surface area contributed by atoms with Gasteiger partial charge in [0.1, 0.15) is 12.4 Å². The highest BCUT2D eigenvalue weighted by molar-refractivity contribution is 7.80. The first-order valence-electron chi connectivity index (χ1n) is 7.68. The van der Waals surface area contributed by atoms with Crippen LogP contribution in [0.3, 0.4) is 0 Å². The van der Waals surface area contributed by atoms with Crippen molar-refractivity contribution >= 4 is 23.0 Å². The van der Waals surface area contributed by atoms with Crippen LogP contribution in [-0.2, 0) is 6.18 Å². The number of anilines is 1. The zero-order valence-corrected chi connectivity index (χ0v) is 14.7. The minimum Gasteiger partial charge on any atom is -0.491 e. The van der Waals surface area contributed by atoms with Crippen LogP contribution in [0.5, 0.6) is 5.75 Å². The largest absolute Gasteiger partial charge is 0.491 e. The Morgan fingerprint density at radius 1 is 1.08 bits per heavy atom. The van der Waals surface area contributed by atoms with Gasteiger partial charge < -0.3 is 15.4 Å². The molecule has 2 rings (SSSR count). The van der Waals surface area contributed by atoms with Crippen LogP contribution in [0, 0.1) is 6.92 Å². The quantitative estimate of drug-likeness (QED) is 0.745. The molecule has 2 aromatic carbocycles. The summed E-state index contributed by atoms with van der Waals surface area (Å²) in [4.78, 5) is 0. The van der Waals surface area contributed by atoms with Crippen LogP contribution in [-0.4, -0.2) is 17.8 Å². The first kappa shape index (κ1) is 19.1. The maximum Gasteiger partial charge on any atom is 0.416 e. The molecule has 1 unspecified atom stereocenters. The molecular formula is C18H19F3N2OS. The smallest absolute Gasteiger partial charge is 0.416 e. The van der Waals surface area contributed by atoms with Crippen LogP contribution < -0.4 is 15.4 Å². The molecule has 0 saturated carbocycles. The first-order chi connectivity index (χ1) is 11.7. The molecule has 0 aliphatic carbocycles. The summed E-state index contributed by atoms with van der Waals surface area (Å²) in [6.07, 6.45) is -4.35. The molecule has 0 bridgehead atoms. The van der Waals surface area contributed by atoms with Gasteiger partial charge in [-0.15, -0.1) is 0 Å². The number of hydrogen-bond donors (Lipinski definition) is 2. The van der Waals surface area contributed by atoms with Gasteiger partial charge in [-0.2, -0.15) is 13.2 Å². The zero-order chi connectivity index (χ0) is 18.4. The summed E-state index contributed by atoms with van der Waals surface area (Å²) in [5, 5.41) is 6.20. The molecule has 0 radical (unpaired) electrons. The van der Waals surface area contributed by atoms with Crippen LogP contribution in [0.25, 0.3) is 0 Å². The van der Waals surface area contributed by atoms with Crippen molar-refractivity contribution in [3.8, 4) is 5.75 Å². The number of nitrogens with one attached hydrogen (secondary N) is 2. The standard InChI is InChI=1S/C18H19F3N2OS/c1-12-3-9-16(10-4-12)24-11-13(2)22-17(25)23-15-7-5-14(6-8-15)18(19,20)21/h3-10,13H,11H2,1-2H3,(H2,22,23,25). The van der Waals surface area contributed by atoms with Crippen LogP contribution >= 0.6 is 12.2 Å². The molecule has 0 aliphatic heterocycles. The summed E-state index contributed by atoms with van der Waals surface area (Å²) in [5.74, 6) is 0.765. The Hall–Kier alpha value is -2.28. The van der Waals surface area contributed by atoms with Gasteiger partial charge in [0, 0.05) is 5.69 Å². The lowest BCUT2D eigenvalue weighted by Crippen LogP contribution is -2.39. The molecule has 2 aromatic rings. The lowest BCUT2D eigenvalue weighted by molar-refractivity contribution is -0.137. The predicted octanol–water partition coefficient (Wildman–Crippen LogP) is 4.77. The molecule has 0 spiro atoms. The van der Waals surface area contributed by atoms with E-state index in [2.05, 4.69) is 10.6 Å². The second-order valence-corrected chi connectivity index (χ2v) is 6.11. The molecule has 25 heavy (non-hydrogen) atoms. The minimum absolute atomic E-state index is 0.0734. The van der Waals surface area contributed by atoms with Crippen molar-refractivity contribution in [3.63, 3.8) is 0 Å². The zero-order valence-electron chi connectivity index (χ0n) is 13.9. The second kappa shape index (κ2) is 8.20. The number of alkyl halides is 3. The Balaban J connectivity index is 1.80. The van der Waals surface area contributed by atoms with E-state index in [4.69, 9.17) is 17.0 Å². The van der Waals surface area contributed by atoms with Gasteiger partial charge in [0.05, 0.1) is 11.6 Å². The molecular weight excluding hydrogens is 349 g/mol. The maximum atomic E-state index is 12.5. The van der Waals surface area contributed by atoms with Crippen LogP contribution in [0.1, 0.15) is 18.1 Å². The molecule has 1 atom stereocenters. The molecule has 0 amide bonds. The van der Waals surface area contributed by atoms with Crippen LogP contribution in [0.15, 0.2) is 48.5 Å². The lowest BCUT2D eigenvalue weighted by Gasteiger charge is -2.18. The van der Waals surface area contributed by atoms with Crippen LogP contribution in [0.2, 0.25) is 0 Å². The van der Waals surface area contributed by atoms with E-state index < -0.39 is 11.7 Å². The number of rotatable bonds is 5. The molecule has 3 nitrogen and oxygen atoms in total. The highest BCUT2D eigenvalue weighted by atomic mass is 32.1. The number of thiocarbonyl (C=S) groups is 1. The maximum absolute atomic E-state index is 12.5. The van der Waals surface area contributed by atoms with Gasteiger partial charge in [-0.05, 0) is 62.5 Å². The van der Waals surface area contributed by atoms with Gasteiger partial charge in [-0.1, -0.05) is 17.7 Å². The van der Waals surface area contributed by atoms with Crippen molar-refractivity contribution in [1.29, 1.82) is 0 Å². The van der Waals surface area contributed by atoms with Gasteiger partial charge in [0.2, 0.25) is 0 Å². The fourth-order valence-electron chi connectivity index (χ4n) is 2.03. The number of benzene rings is 2. The van der Waals surface area contributed by atoms with Crippen molar-refractivity contribution < 1.29 is 17.9 Å². The average molecular weight is 368 g/mol.